The van der Waals surface area contributed by atoms with E-state index in [0.717, 1.165) is 37.9 Å². The van der Waals surface area contributed by atoms with Crippen molar-refractivity contribution in [2.75, 3.05) is 6.61 Å². The molecule has 4 nitrogen and oxygen atoms in total. The Kier molecular flexibility index (Phi) is 3.72. The molecule has 1 fully saturated rings. The number of ketones is 1. The average Bonchev–Trinajstić information content (AvgIpc) is 2.73. The van der Waals surface area contributed by atoms with Gasteiger partial charge in [-0.1, -0.05) is 0 Å². The quantitative estimate of drug-likeness (QED) is 0.775. The van der Waals surface area contributed by atoms with Crippen LogP contribution < -0.4 is 0 Å². The number of aryl methyl sites for hydroxylation is 2. The Morgan fingerprint density at radius 3 is 3.12 bits per heavy atom. The molecule has 1 saturated heterocycles. The third-order valence-electron chi connectivity index (χ3n) is 2.96. The van der Waals surface area contributed by atoms with Crippen molar-refractivity contribution in [2.45, 2.75) is 38.2 Å². The Morgan fingerprint density at radius 1 is 1.62 bits per heavy atom. The van der Waals surface area contributed by atoms with Crippen molar-refractivity contribution in [3.8, 4) is 0 Å². The van der Waals surface area contributed by atoms with Crippen LogP contribution in [-0.2, 0) is 23.0 Å². The second-order valence-electron chi connectivity index (χ2n) is 4.34. The lowest BCUT2D eigenvalue weighted by Crippen LogP contribution is -2.28. The van der Waals surface area contributed by atoms with E-state index in [-0.39, 0.29) is 11.9 Å². The van der Waals surface area contributed by atoms with Gasteiger partial charge in [-0.15, -0.1) is 0 Å². The molecular weight excluding hydrogens is 204 g/mol. The summed E-state index contributed by atoms with van der Waals surface area (Å²) in [5, 5.41) is 4.08. The summed E-state index contributed by atoms with van der Waals surface area (Å²) in [6, 6.07) is 0. The van der Waals surface area contributed by atoms with Gasteiger partial charge < -0.3 is 4.74 Å². The fourth-order valence-corrected chi connectivity index (χ4v) is 2.02. The van der Waals surface area contributed by atoms with Gasteiger partial charge in [-0.3, -0.25) is 9.48 Å². The molecule has 0 spiro atoms. The van der Waals surface area contributed by atoms with E-state index in [1.807, 2.05) is 19.4 Å². The molecule has 1 atom stereocenters. The molecule has 0 saturated carbocycles. The monoisotopic (exact) mass is 222 g/mol. The molecule has 0 bridgehead atoms. The Labute approximate surface area is 95.6 Å². The van der Waals surface area contributed by atoms with Gasteiger partial charge in [0.2, 0.25) is 0 Å². The summed E-state index contributed by atoms with van der Waals surface area (Å²) in [5.74, 6) is 0.239. The molecule has 1 aliphatic rings. The molecule has 0 N–H and O–H groups in total. The number of rotatable bonds is 4. The summed E-state index contributed by atoms with van der Waals surface area (Å²) < 4.78 is 7.22. The van der Waals surface area contributed by atoms with E-state index >= 15 is 0 Å². The number of carbonyl (C=O) groups excluding carboxylic acids is 1. The SMILES string of the molecule is Cn1cc(CCC(=O)C2CCCCO2)cn1. The summed E-state index contributed by atoms with van der Waals surface area (Å²) in [5.41, 5.74) is 1.12. The van der Waals surface area contributed by atoms with Crippen molar-refractivity contribution in [2.24, 2.45) is 7.05 Å². The summed E-state index contributed by atoms with van der Waals surface area (Å²) in [6.45, 7) is 0.739. The Hall–Kier alpha value is -1.16. The predicted octanol–water partition coefficient (Wildman–Crippen LogP) is 1.49. The van der Waals surface area contributed by atoms with Crippen LogP contribution in [0.5, 0.6) is 0 Å². The van der Waals surface area contributed by atoms with Crippen molar-refractivity contribution >= 4 is 5.78 Å². The van der Waals surface area contributed by atoms with Gasteiger partial charge in [0.05, 0.1) is 6.20 Å². The maximum Gasteiger partial charge on any atom is 0.161 e. The highest BCUT2D eigenvalue weighted by atomic mass is 16.5. The van der Waals surface area contributed by atoms with Gasteiger partial charge in [0.15, 0.2) is 5.78 Å². The number of Topliss-reactive ketones (excluding diaryl/α,β-unsaturated/α-hetero) is 1. The van der Waals surface area contributed by atoms with Gasteiger partial charge >= 0.3 is 0 Å². The summed E-state index contributed by atoms with van der Waals surface area (Å²) in [7, 11) is 1.88. The molecule has 2 heterocycles. The standard InChI is InChI=1S/C12H18N2O2/c1-14-9-10(8-13-14)5-6-11(15)12-4-2-3-7-16-12/h8-9,12H,2-7H2,1H3. The first-order valence-corrected chi connectivity index (χ1v) is 5.87. The molecule has 0 amide bonds. The van der Waals surface area contributed by atoms with Gasteiger partial charge in [0, 0.05) is 26.3 Å². The molecule has 1 aromatic heterocycles. The number of hydrogen-bond donors (Lipinski definition) is 0. The van der Waals surface area contributed by atoms with Crippen LogP contribution in [0.25, 0.3) is 0 Å². The molecule has 88 valence electrons. The second kappa shape index (κ2) is 5.25. The van der Waals surface area contributed by atoms with E-state index in [9.17, 15) is 4.79 Å². The van der Waals surface area contributed by atoms with E-state index < -0.39 is 0 Å². The molecular formula is C12H18N2O2. The van der Waals surface area contributed by atoms with E-state index in [1.54, 1.807) is 4.68 Å². The summed E-state index contributed by atoms with van der Waals surface area (Å²) in [4.78, 5) is 11.8. The molecule has 1 aliphatic heterocycles. The van der Waals surface area contributed by atoms with Crippen LogP contribution in [-0.4, -0.2) is 28.3 Å². The largest absolute Gasteiger partial charge is 0.370 e. The molecule has 0 aromatic carbocycles. The molecule has 16 heavy (non-hydrogen) atoms. The van der Waals surface area contributed by atoms with Crippen molar-refractivity contribution < 1.29 is 9.53 Å². The van der Waals surface area contributed by atoms with Crippen LogP contribution in [0.4, 0.5) is 0 Å². The second-order valence-corrected chi connectivity index (χ2v) is 4.34. The number of ether oxygens (including phenoxy) is 1. The average molecular weight is 222 g/mol. The van der Waals surface area contributed by atoms with E-state index in [0.29, 0.717) is 6.42 Å². The number of aromatic nitrogens is 2. The van der Waals surface area contributed by atoms with Gasteiger partial charge in [-0.2, -0.15) is 5.10 Å². The van der Waals surface area contributed by atoms with Gasteiger partial charge in [0.1, 0.15) is 6.10 Å². The normalized spacial score (nSPS) is 20.9. The van der Waals surface area contributed by atoms with Crippen molar-refractivity contribution in [1.29, 1.82) is 0 Å². The first-order valence-electron chi connectivity index (χ1n) is 5.87. The first kappa shape index (κ1) is 11.3. The summed E-state index contributed by atoms with van der Waals surface area (Å²) in [6.07, 6.45) is 8.06. The lowest BCUT2D eigenvalue weighted by atomic mass is 10.0. The zero-order valence-corrected chi connectivity index (χ0v) is 9.69. The number of hydrogen-bond acceptors (Lipinski definition) is 3. The maximum atomic E-state index is 11.8. The smallest absolute Gasteiger partial charge is 0.161 e. The minimum Gasteiger partial charge on any atom is -0.370 e. The van der Waals surface area contributed by atoms with Crippen LogP contribution in [0.15, 0.2) is 12.4 Å². The first-order chi connectivity index (χ1) is 7.75. The minimum absolute atomic E-state index is 0.148. The lowest BCUT2D eigenvalue weighted by molar-refractivity contribution is -0.133. The van der Waals surface area contributed by atoms with Crippen LogP contribution in [0.3, 0.4) is 0 Å². The lowest BCUT2D eigenvalue weighted by Gasteiger charge is -2.21. The fourth-order valence-electron chi connectivity index (χ4n) is 2.02. The predicted molar refractivity (Wildman–Crippen MR) is 60.1 cm³/mol. The van der Waals surface area contributed by atoms with E-state index in [4.69, 9.17) is 4.74 Å². The molecule has 0 radical (unpaired) electrons. The van der Waals surface area contributed by atoms with Crippen LogP contribution in [0.1, 0.15) is 31.2 Å². The Bertz CT molecular complexity index is 354. The molecule has 2 rings (SSSR count). The van der Waals surface area contributed by atoms with Crippen LogP contribution in [0.2, 0.25) is 0 Å². The van der Waals surface area contributed by atoms with E-state index in [2.05, 4.69) is 5.10 Å². The van der Waals surface area contributed by atoms with Crippen LogP contribution in [0, 0.1) is 0 Å². The zero-order valence-electron chi connectivity index (χ0n) is 9.69. The third-order valence-corrected chi connectivity index (χ3v) is 2.96. The Morgan fingerprint density at radius 2 is 2.50 bits per heavy atom. The molecule has 4 heteroatoms. The minimum atomic E-state index is -0.148. The van der Waals surface area contributed by atoms with Crippen molar-refractivity contribution in [3.63, 3.8) is 0 Å². The number of nitrogens with zero attached hydrogens (tertiary/aromatic N) is 2. The highest BCUT2D eigenvalue weighted by Crippen LogP contribution is 2.15. The topological polar surface area (TPSA) is 44.1 Å². The number of carbonyl (C=O) groups is 1. The van der Waals surface area contributed by atoms with Gasteiger partial charge in [-0.25, -0.2) is 0 Å². The molecule has 0 aliphatic carbocycles. The summed E-state index contributed by atoms with van der Waals surface area (Å²) >= 11 is 0. The van der Waals surface area contributed by atoms with Crippen molar-refractivity contribution in [1.82, 2.24) is 9.78 Å². The van der Waals surface area contributed by atoms with Gasteiger partial charge in [0.25, 0.3) is 0 Å². The Balaban J connectivity index is 1.78. The third kappa shape index (κ3) is 2.92. The highest BCUT2D eigenvalue weighted by molar-refractivity contribution is 5.83. The molecule has 1 unspecified atom stereocenters. The maximum absolute atomic E-state index is 11.8. The zero-order chi connectivity index (χ0) is 11.4. The van der Waals surface area contributed by atoms with Crippen LogP contribution >= 0.6 is 0 Å². The highest BCUT2D eigenvalue weighted by Gasteiger charge is 2.21. The molecule has 1 aromatic rings. The van der Waals surface area contributed by atoms with E-state index in [1.165, 1.54) is 0 Å². The fraction of sp³-hybridized carbons (Fsp3) is 0.667. The van der Waals surface area contributed by atoms with Crippen molar-refractivity contribution in [3.05, 3.63) is 18.0 Å². The van der Waals surface area contributed by atoms with Gasteiger partial charge in [-0.05, 0) is 31.2 Å².